The Kier molecular flexibility index (Phi) is 3.92. The van der Waals surface area contributed by atoms with Gasteiger partial charge in [0.05, 0.1) is 12.8 Å². The lowest BCUT2D eigenvalue weighted by molar-refractivity contribution is 0.225. The molecule has 0 atom stereocenters. The molecule has 2 N–H and O–H groups in total. The van der Waals surface area contributed by atoms with Gasteiger partial charge in [-0.15, -0.1) is 0 Å². The molecule has 3 rings (SSSR count). The van der Waals surface area contributed by atoms with E-state index in [0.29, 0.717) is 11.5 Å². The van der Waals surface area contributed by atoms with Crippen molar-refractivity contribution in [2.45, 2.75) is 32.0 Å². The fraction of sp³-hybridized carbons (Fsp3) is 0.333. The normalized spacial score (nSPS) is 14.8. The molecule has 1 aromatic heterocycles. The second-order valence-corrected chi connectivity index (χ2v) is 5.33. The Morgan fingerprint density at radius 3 is 2.40 bits per heavy atom. The molecule has 0 radical (unpaired) electrons. The molecule has 104 valence electrons. The van der Waals surface area contributed by atoms with Gasteiger partial charge in [0.25, 0.3) is 0 Å². The Bertz CT molecular complexity index is 535. The molecule has 5 heteroatoms. The number of rotatable bonds is 6. The molecule has 1 aliphatic carbocycles. The van der Waals surface area contributed by atoms with Gasteiger partial charge < -0.3 is 14.5 Å². The number of hydrogen-bond acceptors (Lipinski definition) is 4. The summed E-state index contributed by atoms with van der Waals surface area (Å²) in [6.45, 7) is 1.68. The van der Waals surface area contributed by atoms with Crippen molar-refractivity contribution in [3.05, 3.63) is 54.0 Å². The van der Waals surface area contributed by atoms with Crippen molar-refractivity contribution in [1.29, 1.82) is 0 Å². The first kappa shape index (κ1) is 13.4. The molecular formula is C15H18BNO3. The maximum Gasteiger partial charge on any atom is 0.488 e. The van der Waals surface area contributed by atoms with E-state index in [1.807, 2.05) is 24.3 Å². The van der Waals surface area contributed by atoms with Gasteiger partial charge in [0, 0.05) is 12.6 Å². The van der Waals surface area contributed by atoms with Crippen molar-refractivity contribution in [3.8, 4) is 0 Å². The van der Waals surface area contributed by atoms with Gasteiger partial charge in [-0.05, 0) is 36.0 Å². The predicted molar refractivity (Wildman–Crippen MR) is 77.2 cm³/mol. The van der Waals surface area contributed by atoms with Crippen LogP contribution in [0.4, 0.5) is 0 Å². The Labute approximate surface area is 118 Å². The van der Waals surface area contributed by atoms with E-state index in [1.54, 1.807) is 18.4 Å². The largest absolute Gasteiger partial charge is 0.488 e. The first-order chi connectivity index (χ1) is 9.72. The number of furan rings is 1. The topological polar surface area (TPSA) is 56.8 Å². The molecule has 4 nitrogen and oxygen atoms in total. The zero-order valence-electron chi connectivity index (χ0n) is 11.3. The van der Waals surface area contributed by atoms with Crippen molar-refractivity contribution in [2.75, 3.05) is 0 Å². The highest BCUT2D eigenvalue weighted by molar-refractivity contribution is 6.58. The van der Waals surface area contributed by atoms with Crippen LogP contribution in [0.3, 0.4) is 0 Å². The first-order valence-corrected chi connectivity index (χ1v) is 6.94. The Balaban J connectivity index is 1.67. The van der Waals surface area contributed by atoms with Crippen LogP contribution in [0.15, 0.2) is 47.1 Å². The van der Waals surface area contributed by atoms with Gasteiger partial charge >= 0.3 is 7.12 Å². The first-order valence-electron chi connectivity index (χ1n) is 6.94. The SMILES string of the molecule is OB(O)c1ccc(CN(Cc2ccco2)C2CC2)cc1. The average Bonchev–Trinajstić information content (AvgIpc) is 3.17. The van der Waals surface area contributed by atoms with Crippen LogP contribution in [-0.4, -0.2) is 28.1 Å². The third-order valence-electron chi connectivity index (χ3n) is 3.67. The molecule has 0 aliphatic heterocycles. The van der Waals surface area contributed by atoms with Crippen molar-refractivity contribution in [1.82, 2.24) is 4.90 Å². The minimum atomic E-state index is -1.40. The molecule has 1 aliphatic rings. The summed E-state index contributed by atoms with van der Waals surface area (Å²) in [6.07, 6.45) is 4.19. The molecule has 0 unspecified atom stereocenters. The third kappa shape index (κ3) is 3.31. The molecule has 0 bridgehead atoms. The van der Waals surface area contributed by atoms with E-state index in [0.717, 1.165) is 18.8 Å². The zero-order valence-corrected chi connectivity index (χ0v) is 11.3. The molecule has 20 heavy (non-hydrogen) atoms. The quantitative estimate of drug-likeness (QED) is 0.773. The lowest BCUT2D eigenvalue weighted by atomic mass is 9.80. The van der Waals surface area contributed by atoms with Crippen LogP contribution in [0, 0.1) is 0 Å². The fourth-order valence-corrected chi connectivity index (χ4v) is 2.39. The van der Waals surface area contributed by atoms with Gasteiger partial charge in [0.2, 0.25) is 0 Å². The maximum atomic E-state index is 9.10. The summed E-state index contributed by atoms with van der Waals surface area (Å²) in [4.78, 5) is 2.41. The van der Waals surface area contributed by atoms with Crippen LogP contribution in [0.25, 0.3) is 0 Å². The molecule has 2 aromatic rings. The minimum absolute atomic E-state index is 0.526. The van der Waals surface area contributed by atoms with E-state index in [4.69, 9.17) is 14.5 Å². The highest BCUT2D eigenvalue weighted by Gasteiger charge is 2.29. The fourth-order valence-electron chi connectivity index (χ4n) is 2.39. The van der Waals surface area contributed by atoms with Crippen molar-refractivity contribution in [3.63, 3.8) is 0 Å². The molecule has 0 amide bonds. The van der Waals surface area contributed by atoms with Crippen LogP contribution in [0.5, 0.6) is 0 Å². The molecule has 1 fully saturated rings. The monoisotopic (exact) mass is 271 g/mol. The van der Waals surface area contributed by atoms with Gasteiger partial charge in [-0.2, -0.15) is 0 Å². The molecule has 0 saturated heterocycles. The lowest BCUT2D eigenvalue weighted by Gasteiger charge is -2.21. The van der Waals surface area contributed by atoms with E-state index < -0.39 is 7.12 Å². The van der Waals surface area contributed by atoms with E-state index in [2.05, 4.69) is 4.90 Å². The van der Waals surface area contributed by atoms with Crippen molar-refractivity contribution >= 4 is 12.6 Å². The average molecular weight is 271 g/mol. The second kappa shape index (κ2) is 5.83. The van der Waals surface area contributed by atoms with Gasteiger partial charge in [0.1, 0.15) is 5.76 Å². The summed E-state index contributed by atoms with van der Waals surface area (Å²) in [5.41, 5.74) is 1.70. The Morgan fingerprint density at radius 2 is 1.85 bits per heavy atom. The van der Waals surface area contributed by atoms with Gasteiger partial charge in [-0.3, -0.25) is 4.90 Å². The van der Waals surface area contributed by atoms with Gasteiger partial charge in [-0.1, -0.05) is 24.3 Å². The summed E-state index contributed by atoms with van der Waals surface area (Å²) in [6, 6.07) is 12.0. The lowest BCUT2D eigenvalue weighted by Crippen LogP contribution is -2.30. The number of nitrogens with zero attached hydrogens (tertiary/aromatic N) is 1. The molecule has 0 spiro atoms. The molecule has 1 heterocycles. The van der Waals surface area contributed by atoms with E-state index >= 15 is 0 Å². The van der Waals surface area contributed by atoms with Crippen LogP contribution in [0.2, 0.25) is 0 Å². The molecule has 1 aromatic carbocycles. The molecular weight excluding hydrogens is 253 g/mol. The third-order valence-corrected chi connectivity index (χ3v) is 3.67. The summed E-state index contributed by atoms with van der Waals surface area (Å²) in [7, 11) is -1.40. The van der Waals surface area contributed by atoms with Crippen LogP contribution < -0.4 is 5.46 Å². The van der Waals surface area contributed by atoms with Gasteiger partial charge in [-0.25, -0.2) is 0 Å². The summed E-state index contributed by atoms with van der Waals surface area (Å²) in [5, 5.41) is 18.2. The highest BCUT2D eigenvalue weighted by Crippen LogP contribution is 2.29. The molecule has 1 saturated carbocycles. The van der Waals surface area contributed by atoms with Gasteiger partial charge in [0.15, 0.2) is 0 Å². The maximum absolute atomic E-state index is 9.10. The second-order valence-electron chi connectivity index (χ2n) is 5.33. The summed E-state index contributed by atoms with van der Waals surface area (Å²) >= 11 is 0. The summed E-state index contributed by atoms with van der Waals surface area (Å²) in [5.74, 6) is 0.985. The number of benzene rings is 1. The standard InChI is InChI=1S/C15H18BNO3/c18-16(19)13-5-3-12(4-6-13)10-17(14-7-8-14)11-15-2-1-9-20-15/h1-6,9,14,18-19H,7-8,10-11H2. The number of hydrogen-bond donors (Lipinski definition) is 2. The highest BCUT2D eigenvalue weighted by atomic mass is 16.4. The zero-order chi connectivity index (χ0) is 13.9. The smallest absolute Gasteiger partial charge is 0.468 e. The Morgan fingerprint density at radius 1 is 1.10 bits per heavy atom. The predicted octanol–water partition coefficient (Wildman–Crippen LogP) is 1.12. The minimum Gasteiger partial charge on any atom is -0.468 e. The summed E-state index contributed by atoms with van der Waals surface area (Å²) < 4.78 is 5.42. The van der Waals surface area contributed by atoms with Crippen LogP contribution >= 0.6 is 0 Å². The Hall–Kier alpha value is -1.56. The van der Waals surface area contributed by atoms with Crippen molar-refractivity contribution < 1.29 is 14.5 Å². The van der Waals surface area contributed by atoms with Crippen LogP contribution in [0.1, 0.15) is 24.2 Å². The van der Waals surface area contributed by atoms with E-state index in [-0.39, 0.29) is 0 Å². The van der Waals surface area contributed by atoms with E-state index in [9.17, 15) is 0 Å². The van der Waals surface area contributed by atoms with Crippen molar-refractivity contribution in [2.24, 2.45) is 0 Å². The van der Waals surface area contributed by atoms with Crippen LogP contribution in [-0.2, 0) is 13.1 Å². The van der Waals surface area contributed by atoms with E-state index in [1.165, 1.54) is 18.4 Å².